The zero-order chi connectivity index (χ0) is 13.3. The van der Waals surface area contributed by atoms with Crippen molar-refractivity contribution in [3.05, 3.63) is 16.5 Å². The normalized spacial score (nSPS) is 20.5. The van der Waals surface area contributed by atoms with Crippen molar-refractivity contribution >= 4 is 33.8 Å². The summed E-state index contributed by atoms with van der Waals surface area (Å²) < 4.78 is 27.2. The molecule has 4 nitrogen and oxygen atoms in total. The molecule has 7 heteroatoms. The molecule has 2 heterocycles. The Balaban J connectivity index is 0.00000180. The molecular weight excluding hydrogens is 304 g/mol. The fourth-order valence-corrected chi connectivity index (χ4v) is 5.80. The molecule has 0 aromatic carbocycles. The number of hydrogen-bond acceptors (Lipinski definition) is 4. The maximum atomic E-state index is 12.5. The molecular formula is C12H21ClN2O2S2. The number of thiophene rings is 1. The van der Waals surface area contributed by atoms with E-state index in [1.165, 1.54) is 11.3 Å². The van der Waals surface area contributed by atoms with Gasteiger partial charge in [0.2, 0.25) is 0 Å². The lowest BCUT2D eigenvalue weighted by Crippen LogP contribution is -2.30. The third-order valence-electron chi connectivity index (χ3n) is 3.31. The van der Waals surface area contributed by atoms with Crippen molar-refractivity contribution in [2.45, 2.75) is 24.5 Å². The number of nitrogens with one attached hydrogen (secondary N) is 1. The second-order valence-corrected chi connectivity index (χ2v) is 8.29. The van der Waals surface area contributed by atoms with E-state index >= 15 is 0 Å². The maximum Gasteiger partial charge on any atom is 0.252 e. The van der Waals surface area contributed by atoms with Crippen LogP contribution < -0.4 is 5.32 Å². The third-order valence-corrected chi connectivity index (χ3v) is 6.94. The largest absolute Gasteiger partial charge is 0.319 e. The molecule has 1 aliphatic rings. The van der Waals surface area contributed by atoms with Gasteiger partial charge in [0.05, 0.1) is 0 Å². The van der Waals surface area contributed by atoms with Gasteiger partial charge in [0, 0.05) is 18.0 Å². The highest BCUT2D eigenvalue weighted by atomic mass is 35.5. The third kappa shape index (κ3) is 3.49. The Morgan fingerprint density at radius 1 is 1.47 bits per heavy atom. The highest BCUT2D eigenvalue weighted by Crippen LogP contribution is 2.31. The summed E-state index contributed by atoms with van der Waals surface area (Å²) in [6, 6.07) is 1.94. The molecule has 0 amide bonds. The first-order valence-corrected chi connectivity index (χ1v) is 8.42. The van der Waals surface area contributed by atoms with Crippen LogP contribution in [-0.4, -0.2) is 39.4 Å². The average molecular weight is 325 g/mol. The summed E-state index contributed by atoms with van der Waals surface area (Å²) in [5.74, 6) is 0.436. The van der Waals surface area contributed by atoms with E-state index in [0.717, 1.165) is 23.4 Å². The van der Waals surface area contributed by atoms with Gasteiger partial charge in [0.25, 0.3) is 10.0 Å². The monoisotopic (exact) mass is 324 g/mol. The van der Waals surface area contributed by atoms with Gasteiger partial charge in [-0.3, -0.25) is 0 Å². The van der Waals surface area contributed by atoms with E-state index in [2.05, 4.69) is 5.32 Å². The van der Waals surface area contributed by atoms with E-state index in [4.69, 9.17) is 0 Å². The second-order valence-electron chi connectivity index (χ2n) is 4.90. The van der Waals surface area contributed by atoms with Crippen molar-refractivity contribution in [2.24, 2.45) is 5.92 Å². The van der Waals surface area contributed by atoms with Crippen LogP contribution in [0, 0.1) is 19.8 Å². The molecule has 1 atom stereocenters. The van der Waals surface area contributed by atoms with Crippen LogP contribution in [0.2, 0.25) is 0 Å². The summed E-state index contributed by atoms with van der Waals surface area (Å²) >= 11 is 1.38. The lowest BCUT2D eigenvalue weighted by Gasteiger charge is -2.16. The minimum atomic E-state index is -3.28. The van der Waals surface area contributed by atoms with Gasteiger partial charge >= 0.3 is 0 Å². The first kappa shape index (κ1) is 16.9. The quantitative estimate of drug-likeness (QED) is 0.921. The number of hydrogen-bond donors (Lipinski definition) is 1. The van der Waals surface area contributed by atoms with Crippen LogP contribution >= 0.6 is 23.7 Å². The van der Waals surface area contributed by atoms with Crippen LogP contribution in [0.15, 0.2) is 10.3 Å². The number of halogens is 1. The zero-order valence-electron chi connectivity index (χ0n) is 11.5. The summed E-state index contributed by atoms with van der Waals surface area (Å²) in [4.78, 5) is 1.05. The number of sulfonamides is 1. The van der Waals surface area contributed by atoms with Crippen molar-refractivity contribution in [1.82, 2.24) is 9.62 Å². The molecule has 0 radical (unpaired) electrons. The van der Waals surface area contributed by atoms with Crippen LogP contribution in [0.3, 0.4) is 0 Å². The highest BCUT2D eigenvalue weighted by molar-refractivity contribution is 7.91. The molecule has 110 valence electrons. The van der Waals surface area contributed by atoms with Crippen LogP contribution in [0.1, 0.15) is 16.9 Å². The molecule has 1 N–H and O–H groups in total. The second kappa shape index (κ2) is 6.54. The van der Waals surface area contributed by atoms with E-state index in [9.17, 15) is 8.42 Å². The van der Waals surface area contributed by atoms with Crippen LogP contribution in [0.5, 0.6) is 0 Å². The van der Waals surface area contributed by atoms with Gasteiger partial charge < -0.3 is 5.32 Å². The molecule has 1 unspecified atom stereocenters. The van der Waals surface area contributed by atoms with Crippen molar-refractivity contribution in [1.29, 1.82) is 0 Å². The van der Waals surface area contributed by atoms with E-state index in [0.29, 0.717) is 23.2 Å². The standard InChI is InChI=1S/C12H20N2O2S2.ClH/c1-9-6-10(2)17-12(9)18(15,16)14-5-4-11(8-14)7-13-3;/h6,11,13H,4-5,7-8H2,1-3H3;1H. The van der Waals surface area contributed by atoms with Gasteiger partial charge in [-0.25, -0.2) is 8.42 Å². The van der Waals surface area contributed by atoms with Crippen molar-refractivity contribution in [2.75, 3.05) is 26.7 Å². The lowest BCUT2D eigenvalue weighted by molar-refractivity contribution is 0.452. The Kier molecular flexibility index (Phi) is 5.82. The smallest absolute Gasteiger partial charge is 0.252 e. The molecule has 1 aromatic rings. The Hall–Kier alpha value is -0.140. The molecule has 0 aliphatic carbocycles. The molecule has 0 spiro atoms. The Morgan fingerprint density at radius 2 is 2.16 bits per heavy atom. The minimum Gasteiger partial charge on any atom is -0.319 e. The van der Waals surface area contributed by atoms with E-state index in [1.54, 1.807) is 4.31 Å². The SMILES string of the molecule is CNCC1CCN(S(=O)(=O)c2sc(C)cc2C)C1.Cl. The molecule has 19 heavy (non-hydrogen) atoms. The number of nitrogens with zero attached hydrogens (tertiary/aromatic N) is 1. The topological polar surface area (TPSA) is 49.4 Å². The number of rotatable bonds is 4. The van der Waals surface area contributed by atoms with E-state index in [1.807, 2.05) is 27.0 Å². The Morgan fingerprint density at radius 3 is 2.68 bits per heavy atom. The van der Waals surface area contributed by atoms with Gasteiger partial charge in [-0.15, -0.1) is 23.7 Å². The number of aryl methyl sites for hydroxylation is 2. The van der Waals surface area contributed by atoms with Gasteiger partial charge in [-0.05, 0) is 51.4 Å². The fourth-order valence-electron chi connectivity index (χ4n) is 2.46. The van der Waals surface area contributed by atoms with E-state index < -0.39 is 10.0 Å². The van der Waals surface area contributed by atoms with Gasteiger partial charge in [0.15, 0.2) is 0 Å². The molecule has 1 saturated heterocycles. The summed E-state index contributed by atoms with van der Waals surface area (Å²) in [7, 11) is -1.37. The zero-order valence-corrected chi connectivity index (χ0v) is 13.9. The van der Waals surface area contributed by atoms with Crippen molar-refractivity contribution < 1.29 is 8.42 Å². The van der Waals surface area contributed by atoms with Gasteiger partial charge in [0.1, 0.15) is 4.21 Å². The molecule has 1 aromatic heterocycles. The summed E-state index contributed by atoms with van der Waals surface area (Å²) in [5, 5.41) is 3.12. The first-order valence-electron chi connectivity index (χ1n) is 6.17. The summed E-state index contributed by atoms with van der Waals surface area (Å²) in [6.45, 7) is 5.99. The van der Waals surface area contributed by atoms with Crippen LogP contribution in [0.25, 0.3) is 0 Å². The van der Waals surface area contributed by atoms with Gasteiger partial charge in [-0.1, -0.05) is 0 Å². The first-order chi connectivity index (χ1) is 8.45. The Bertz CT molecular complexity index is 528. The molecule has 1 aliphatic heterocycles. The molecule has 2 rings (SSSR count). The predicted octanol–water partition coefficient (Wildman–Crippen LogP) is 2.02. The van der Waals surface area contributed by atoms with Crippen molar-refractivity contribution in [3.63, 3.8) is 0 Å². The highest BCUT2D eigenvalue weighted by Gasteiger charge is 2.33. The predicted molar refractivity (Wildman–Crippen MR) is 81.8 cm³/mol. The van der Waals surface area contributed by atoms with Crippen molar-refractivity contribution in [3.8, 4) is 0 Å². The Labute approximate surface area is 125 Å². The van der Waals surface area contributed by atoms with Crippen LogP contribution in [0.4, 0.5) is 0 Å². The molecule has 0 bridgehead atoms. The van der Waals surface area contributed by atoms with Crippen LogP contribution in [-0.2, 0) is 10.0 Å². The summed E-state index contributed by atoms with van der Waals surface area (Å²) in [6.07, 6.45) is 0.948. The summed E-state index contributed by atoms with van der Waals surface area (Å²) in [5.41, 5.74) is 0.870. The molecule has 0 saturated carbocycles. The van der Waals surface area contributed by atoms with Gasteiger partial charge in [-0.2, -0.15) is 4.31 Å². The lowest BCUT2D eigenvalue weighted by atomic mass is 10.1. The van der Waals surface area contributed by atoms with E-state index in [-0.39, 0.29) is 12.4 Å². The maximum absolute atomic E-state index is 12.5. The minimum absolute atomic E-state index is 0. The molecule has 1 fully saturated rings. The fraction of sp³-hybridized carbons (Fsp3) is 0.667. The average Bonchev–Trinajstić information content (AvgIpc) is 2.86.